The number of nitrogens with zero attached hydrogens (tertiary/aromatic N) is 4. The maximum Gasteiger partial charge on any atom is 0.164 e. The molecule has 3 heterocycles. The van der Waals surface area contributed by atoms with E-state index < -0.39 is 0 Å². The van der Waals surface area contributed by atoms with E-state index in [1.165, 1.54) is 16.7 Å². The first-order chi connectivity index (χ1) is 24.8. The predicted molar refractivity (Wildman–Crippen MR) is 200 cm³/mol. The molecule has 0 bridgehead atoms. The maximum absolute atomic E-state index is 6.56. The number of para-hydroxylation sites is 1. The van der Waals surface area contributed by atoms with Gasteiger partial charge in [-0.05, 0) is 39.9 Å². The van der Waals surface area contributed by atoms with Crippen LogP contribution in [0.2, 0.25) is 0 Å². The van der Waals surface area contributed by atoms with E-state index >= 15 is 0 Å². The second-order valence-corrected chi connectivity index (χ2v) is 12.6. The summed E-state index contributed by atoms with van der Waals surface area (Å²) in [6, 6.07) is 54.0. The highest BCUT2D eigenvalue weighted by Gasteiger charge is 2.28. The zero-order valence-electron chi connectivity index (χ0n) is 26.9. The van der Waals surface area contributed by atoms with Crippen molar-refractivity contribution < 1.29 is 4.42 Å². The molecule has 9 aromatic rings. The number of aromatic nitrogens is 4. The normalized spacial score (nSPS) is 11.9. The average molecular weight is 641 g/mol. The zero-order valence-corrected chi connectivity index (χ0v) is 26.9. The molecule has 0 saturated heterocycles. The number of hydrogen-bond donors (Lipinski definition) is 0. The van der Waals surface area contributed by atoms with Crippen LogP contribution in [0.3, 0.4) is 0 Å². The molecule has 5 heteroatoms. The Bertz CT molecular complexity index is 2720. The Labute approximate surface area is 288 Å². The summed E-state index contributed by atoms with van der Waals surface area (Å²) < 4.78 is 6.56. The van der Waals surface area contributed by atoms with E-state index in [0.29, 0.717) is 17.5 Å². The van der Waals surface area contributed by atoms with Gasteiger partial charge < -0.3 is 4.42 Å². The van der Waals surface area contributed by atoms with Crippen LogP contribution in [0.4, 0.5) is 0 Å². The monoisotopic (exact) mass is 640 g/mol. The van der Waals surface area contributed by atoms with Crippen molar-refractivity contribution in [1.29, 1.82) is 0 Å². The molecule has 1 aliphatic rings. The Morgan fingerprint density at radius 1 is 0.420 bits per heavy atom. The largest absolute Gasteiger partial charge is 0.454 e. The van der Waals surface area contributed by atoms with Crippen molar-refractivity contribution in [3.8, 4) is 67.7 Å². The minimum absolute atomic E-state index is 0.615. The van der Waals surface area contributed by atoms with Crippen molar-refractivity contribution in [2.45, 2.75) is 6.42 Å². The fraction of sp³-hybridized carbons (Fsp3) is 0.0222. The van der Waals surface area contributed by atoms with Gasteiger partial charge in [-0.15, -0.1) is 0 Å². The van der Waals surface area contributed by atoms with Crippen LogP contribution < -0.4 is 0 Å². The minimum atomic E-state index is 0.615. The Hall–Kier alpha value is -6.72. The highest BCUT2D eigenvalue weighted by Crippen LogP contribution is 2.46. The van der Waals surface area contributed by atoms with Gasteiger partial charge in [-0.1, -0.05) is 146 Å². The number of rotatable bonds is 5. The fourth-order valence-electron chi connectivity index (χ4n) is 7.22. The maximum atomic E-state index is 6.56. The Kier molecular flexibility index (Phi) is 6.49. The lowest BCUT2D eigenvalue weighted by Crippen LogP contribution is -2.01. The first-order valence-electron chi connectivity index (χ1n) is 16.8. The lowest BCUT2D eigenvalue weighted by atomic mass is 9.96. The second kappa shape index (κ2) is 11.5. The number of benzene rings is 6. The van der Waals surface area contributed by atoms with Crippen LogP contribution in [0.1, 0.15) is 11.1 Å². The Morgan fingerprint density at radius 3 is 1.74 bits per heavy atom. The summed E-state index contributed by atoms with van der Waals surface area (Å²) >= 11 is 0. The predicted octanol–water partition coefficient (Wildman–Crippen LogP) is 11.1. The van der Waals surface area contributed by atoms with Crippen molar-refractivity contribution in [3.63, 3.8) is 0 Å². The summed E-state index contributed by atoms with van der Waals surface area (Å²) in [5, 5.41) is 1.02. The van der Waals surface area contributed by atoms with Crippen molar-refractivity contribution in [3.05, 3.63) is 169 Å². The summed E-state index contributed by atoms with van der Waals surface area (Å²) in [6.07, 6.45) is 0.806. The van der Waals surface area contributed by atoms with Gasteiger partial charge in [0.1, 0.15) is 11.1 Å². The molecular formula is C45H28N4O. The summed E-state index contributed by atoms with van der Waals surface area (Å²) in [4.78, 5) is 20.4. The molecule has 0 spiro atoms. The minimum Gasteiger partial charge on any atom is -0.454 e. The molecule has 0 radical (unpaired) electrons. The van der Waals surface area contributed by atoms with Crippen molar-refractivity contribution >= 4 is 22.1 Å². The van der Waals surface area contributed by atoms with Gasteiger partial charge in [-0.3, -0.25) is 0 Å². The van der Waals surface area contributed by atoms with E-state index in [2.05, 4.69) is 97.1 Å². The third-order valence-electron chi connectivity index (χ3n) is 9.60. The van der Waals surface area contributed by atoms with Crippen molar-refractivity contribution in [2.75, 3.05) is 0 Å². The molecule has 0 fully saturated rings. The smallest absolute Gasteiger partial charge is 0.164 e. The van der Waals surface area contributed by atoms with Gasteiger partial charge in [0.25, 0.3) is 0 Å². The van der Waals surface area contributed by atoms with Crippen molar-refractivity contribution in [1.82, 2.24) is 19.9 Å². The summed E-state index contributed by atoms with van der Waals surface area (Å²) in [5.74, 6) is 1.88. The topological polar surface area (TPSA) is 64.7 Å². The van der Waals surface area contributed by atoms with Crippen LogP contribution in [-0.4, -0.2) is 19.9 Å². The molecule has 10 rings (SSSR count). The van der Waals surface area contributed by atoms with E-state index in [1.807, 2.05) is 60.7 Å². The van der Waals surface area contributed by atoms with Crippen LogP contribution in [0.25, 0.3) is 89.7 Å². The Morgan fingerprint density at radius 2 is 0.980 bits per heavy atom. The zero-order chi connectivity index (χ0) is 33.0. The number of hydrogen-bond acceptors (Lipinski definition) is 5. The highest BCUT2D eigenvalue weighted by molar-refractivity contribution is 6.10. The van der Waals surface area contributed by atoms with Gasteiger partial charge in [0.05, 0.1) is 5.69 Å². The van der Waals surface area contributed by atoms with E-state index in [4.69, 9.17) is 24.4 Å². The number of pyridine rings is 1. The van der Waals surface area contributed by atoms with Gasteiger partial charge in [0.2, 0.25) is 0 Å². The van der Waals surface area contributed by atoms with Crippen LogP contribution in [0.15, 0.2) is 162 Å². The first-order valence-corrected chi connectivity index (χ1v) is 16.8. The summed E-state index contributed by atoms with van der Waals surface area (Å²) in [6.45, 7) is 0. The molecule has 0 unspecified atom stereocenters. The molecule has 234 valence electrons. The van der Waals surface area contributed by atoms with Crippen LogP contribution in [0.5, 0.6) is 0 Å². The molecule has 0 saturated carbocycles. The molecular weight excluding hydrogens is 613 g/mol. The molecule has 3 aromatic heterocycles. The van der Waals surface area contributed by atoms with E-state index in [0.717, 1.165) is 73.1 Å². The van der Waals surface area contributed by atoms with Gasteiger partial charge in [-0.25, -0.2) is 19.9 Å². The van der Waals surface area contributed by atoms with E-state index in [9.17, 15) is 0 Å². The standard InChI is InChI=1S/C45H28N4O/c1-3-13-28(14-4-1)33-18-9-10-20-35(33)45-48-43(30-15-5-2-6-16-30)47-44(49-45)31-25-23-29(24-26-31)39-37-27-32-17-7-8-19-34(32)40(37)46-41-36-21-11-12-22-38(36)50-42(39)41/h1-26H,27H2. The number of fused-ring (bicyclic) bond motifs is 6. The molecule has 50 heavy (non-hydrogen) atoms. The molecule has 0 atom stereocenters. The quantitative estimate of drug-likeness (QED) is 0.187. The second-order valence-electron chi connectivity index (χ2n) is 12.6. The third kappa shape index (κ3) is 4.63. The number of furan rings is 1. The van der Waals surface area contributed by atoms with Crippen LogP contribution in [0, 0.1) is 0 Å². The fourth-order valence-corrected chi connectivity index (χ4v) is 7.22. The van der Waals surface area contributed by atoms with Gasteiger partial charge >= 0.3 is 0 Å². The molecule has 0 amide bonds. The molecule has 6 aromatic carbocycles. The Balaban J connectivity index is 1.14. The molecule has 1 aliphatic carbocycles. The summed E-state index contributed by atoms with van der Waals surface area (Å²) in [7, 11) is 0. The summed E-state index contributed by atoms with van der Waals surface area (Å²) in [5.41, 5.74) is 14.4. The van der Waals surface area contributed by atoms with E-state index in [-0.39, 0.29) is 0 Å². The molecule has 0 N–H and O–H groups in total. The van der Waals surface area contributed by atoms with Gasteiger partial charge in [0, 0.05) is 39.6 Å². The van der Waals surface area contributed by atoms with Crippen LogP contribution in [-0.2, 0) is 6.42 Å². The van der Waals surface area contributed by atoms with Gasteiger partial charge in [0.15, 0.2) is 23.1 Å². The lowest BCUT2D eigenvalue weighted by molar-refractivity contribution is 0.669. The van der Waals surface area contributed by atoms with E-state index in [1.54, 1.807) is 0 Å². The van der Waals surface area contributed by atoms with Crippen molar-refractivity contribution in [2.24, 2.45) is 0 Å². The first kappa shape index (κ1) is 28.3. The SMILES string of the molecule is c1ccc(-c2nc(-c3ccc(-c4c5c(nc6c4oc4ccccc46)-c4ccccc4C5)cc3)nc(-c3ccccc3-c3ccccc3)n2)cc1. The average Bonchev–Trinajstić information content (AvgIpc) is 3.76. The third-order valence-corrected chi connectivity index (χ3v) is 9.60. The molecule has 0 aliphatic heterocycles. The highest BCUT2D eigenvalue weighted by atomic mass is 16.3. The van der Waals surface area contributed by atoms with Gasteiger partial charge in [-0.2, -0.15) is 0 Å². The lowest BCUT2D eigenvalue weighted by Gasteiger charge is -2.13. The molecule has 5 nitrogen and oxygen atoms in total. The van der Waals surface area contributed by atoms with Crippen LogP contribution >= 0.6 is 0 Å².